The van der Waals surface area contributed by atoms with Gasteiger partial charge in [0.1, 0.15) is 5.82 Å². The lowest BCUT2D eigenvalue weighted by Crippen LogP contribution is -2.27. The molecule has 0 saturated carbocycles. The molecule has 0 aliphatic heterocycles. The lowest BCUT2D eigenvalue weighted by molar-refractivity contribution is 0.558. The first-order chi connectivity index (χ1) is 5.74. The Labute approximate surface area is 70.2 Å². The van der Waals surface area contributed by atoms with Crippen LogP contribution in [0.5, 0.6) is 0 Å². The van der Waals surface area contributed by atoms with Crippen molar-refractivity contribution in [3.05, 3.63) is 22.5 Å². The van der Waals surface area contributed by atoms with E-state index >= 15 is 0 Å². The second kappa shape index (κ2) is 3.87. The zero-order valence-corrected chi connectivity index (χ0v) is 6.95. The molecule has 0 amide bonds. The van der Waals surface area contributed by atoms with Crippen LogP contribution < -0.4 is 16.6 Å². The molecule has 0 radical (unpaired) electrons. The van der Waals surface area contributed by atoms with Gasteiger partial charge in [0.25, 0.3) is 5.56 Å². The second-order valence-corrected chi connectivity index (χ2v) is 2.42. The van der Waals surface area contributed by atoms with Crippen LogP contribution in [0.3, 0.4) is 0 Å². The second-order valence-electron chi connectivity index (χ2n) is 2.42. The summed E-state index contributed by atoms with van der Waals surface area (Å²) < 4.78 is 1.34. The third-order valence-corrected chi connectivity index (χ3v) is 1.46. The average Bonchev–Trinajstić information content (AvgIpc) is 2.07. The van der Waals surface area contributed by atoms with Crippen LogP contribution in [0.25, 0.3) is 0 Å². The number of aromatic nitrogens is 2. The Morgan fingerprint density at radius 1 is 1.67 bits per heavy atom. The van der Waals surface area contributed by atoms with Crippen LogP contribution in [0.2, 0.25) is 0 Å². The Balaban J connectivity index is 2.83. The minimum atomic E-state index is -0.126. The van der Waals surface area contributed by atoms with Crippen molar-refractivity contribution in [2.24, 2.45) is 0 Å². The standard InChI is InChI=1S/C7H12N4O/c1-9-4-5-11-7(12)3-2-6(8)10-11/h2-3,9H,4-5H2,1H3,(H2,8,10). The number of anilines is 1. The topological polar surface area (TPSA) is 72.9 Å². The predicted octanol–water partition coefficient (Wildman–Crippen LogP) is -0.955. The van der Waals surface area contributed by atoms with Gasteiger partial charge >= 0.3 is 0 Å². The van der Waals surface area contributed by atoms with E-state index in [-0.39, 0.29) is 5.56 Å². The molecule has 0 aliphatic carbocycles. The van der Waals surface area contributed by atoms with Gasteiger partial charge in [-0.15, -0.1) is 0 Å². The molecule has 5 heteroatoms. The fourth-order valence-electron chi connectivity index (χ4n) is 0.843. The van der Waals surface area contributed by atoms with E-state index in [1.807, 2.05) is 7.05 Å². The number of hydrogen-bond acceptors (Lipinski definition) is 4. The Bertz CT molecular complexity index is 307. The molecule has 0 bridgehead atoms. The quantitative estimate of drug-likeness (QED) is 0.610. The van der Waals surface area contributed by atoms with E-state index < -0.39 is 0 Å². The monoisotopic (exact) mass is 168 g/mol. The van der Waals surface area contributed by atoms with Crippen LogP contribution in [-0.4, -0.2) is 23.4 Å². The molecular formula is C7H12N4O. The van der Waals surface area contributed by atoms with Crippen LogP contribution in [0.1, 0.15) is 0 Å². The van der Waals surface area contributed by atoms with Crippen LogP contribution in [-0.2, 0) is 6.54 Å². The zero-order valence-electron chi connectivity index (χ0n) is 6.95. The smallest absolute Gasteiger partial charge is 0.266 e. The minimum Gasteiger partial charge on any atom is -0.382 e. The molecule has 1 rings (SSSR count). The van der Waals surface area contributed by atoms with Gasteiger partial charge in [-0.2, -0.15) is 5.10 Å². The summed E-state index contributed by atoms with van der Waals surface area (Å²) >= 11 is 0. The molecule has 3 N–H and O–H groups in total. The summed E-state index contributed by atoms with van der Waals surface area (Å²) in [5.41, 5.74) is 5.28. The normalized spacial score (nSPS) is 10.1. The Morgan fingerprint density at radius 3 is 3.08 bits per heavy atom. The van der Waals surface area contributed by atoms with Gasteiger partial charge in [-0.05, 0) is 13.1 Å². The molecule has 0 atom stereocenters. The number of nitrogen functional groups attached to an aromatic ring is 1. The largest absolute Gasteiger partial charge is 0.382 e. The molecule has 0 unspecified atom stereocenters. The van der Waals surface area contributed by atoms with E-state index in [0.717, 1.165) is 0 Å². The first kappa shape index (κ1) is 8.73. The lowest BCUT2D eigenvalue weighted by Gasteiger charge is -2.03. The van der Waals surface area contributed by atoms with Gasteiger partial charge in [0.05, 0.1) is 6.54 Å². The number of hydrogen-bond donors (Lipinski definition) is 2. The summed E-state index contributed by atoms with van der Waals surface area (Å²) in [6.45, 7) is 1.25. The maximum absolute atomic E-state index is 11.1. The lowest BCUT2D eigenvalue weighted by atomic mass is 10.5. The first-order valence-corrected chi connectivity index (χ1v) is 3.72. The molecule has 5 nitrogen and oxygen atoms in total. The van der Waals surface area contributed by atoms with E-state index in [1.165, 1.54) is 16.8 Å². The summed E-state index contributed by atoms with van der Waals surface area (Å²) in [6.07, 6.45) is 0. The maximum Gasteiger partial charge on any atom is 0.266 e. The van der Waals surface area contributed by atoms with Crippen molar-refractivity contribution in [1.29, 1.82) is 0 Å². The highest BCUT2D eigenvalue weighted by Crippen LogP contribution is 1.87. The predicted molar refractivity (Wildman–Crippen MR) is 46.8 cm³/mol. The third kappa shape index (κ3) is 2.06. The van der Waals surface area contributed by atoms with Crippen LogP contribution in [0.15, 0.2) is 16.9 Å². The van der Waals surface area contributed by atoms with Crippen molar-refractivity contribution < 1.29 is 0 Å². The van der Waals surface area contributed by atoms with Gasteiger partial charge in [-0.3, -0.25) is 4.79 Å². The molecule has 0 saturated heterocycles. The Hall–Kier alpha value is -1.36. The zero-order chi connectivity index (χ0) is 8.97. The van der Waals surface area contributed by atoms with Gasteiger partial charge in [0, 0.05) is 12.6 Å². The van der Waals surface area contributed by atoms with Crippen molar-refractivity contribution >= 4 is 5.82 Å². The highest BCUT2D eigenvalue weighted by molar-refractivity contribution is 5.23. The van der Waals surface area contributed by atoms with Gasteiger partial charge < -0.3 is 11.1 Å². The SMILES string of the molecule is CNCCn1nc(N)ccc1=O. The van der Waals surface area contributed by atoms with Crippen molar-refractivity contribution in [3.63, 3.8) is 0 Å². The van der Waals surface area contributed by atoms with Gasteiger partial charge in [0.2, 0.25) is 0 Å². The molecule has 0 aliphatic rings. The van der Waals surface area contributed by atoms with Gasteiger partial charge in [-0.25, -0.2) is 4.68 Å². The van der Waals surface area contributed by atoms with Crippen molar-refractivity contribution in [1.82, 2.24) is 15.1 Å². The van der Waals surface area contributed by atoms with E-state index in [9.17, 15) is 4.79 Å². The van der Waals surface area contributed by atoms with Crippen molar-refractivity contribution in [2.45, 2.75) is 6.54 Å². The molecule has 1 aromatic rings. The molecular weight excluding hydrogens is 156 g/mol. The summed E-state index contributed by atoms with van der Waals surface area (Å²) in [6, 6.07) is 2.91. The van der Waals surface area contributed by atoms with E-state index in [1.54, 1.807) is 0 Å². The first-order valence-electron chi connectivity index (χ1n) is 3.72. The average molecular weight is 168 g/mol. The highest BCUT2D eigenvalue weighted by Gasteiger charge is 1.95. The van der Waals surface area contributed by atoms with Crippen LogP contribution in [0.4, 0.5) is 5.82 Å². The number of likely N-dealkylation sites (N-methyl/N-ethyl adjacent to an activating group) is 1. The summed E-state index contributed by atoms with van der Waals surface area (Å²) in [7, 11) is 1.82. The van der Waals surface area contributed by atoms with Crippen LogP contribution >= 0.6 is 0 Å². The third-order valence-electron chi connectivity index (χ3n) is 1.46. The van der Waals surface area contributed by atoms with E-state index in [0.29, 0.717) is 18.9 Å². The molecule has 0 spiro atoms. The number of nitrogens with one attached hydrogen (secondary N) is 1. The fourth-order valence-corrected chi connectivity index (χ4v) is 0.843. The Morgan fingerprint density at radius 2 is 2.42 bits per heavy atom. The highest BCUT2D eigenvalue weighted by atomic mass is 16.1. The Kier molecular flexibility index (Phi) is 2.82. The molecule has 12 heavy (non-hydrogen) atoms. The van der Waals surface area contributed by atoms with Gasteiger partial charge in [0.15, 0.2) is 0 Å². The summed E-state index contributed by atoms with van der Waals surface area (Å²) in [5.74, 6) is 0.366. The molecule has 1 aromatic heterocycles. The minimum absolute atomic E-state index is 0.126. The van der Waals surface area contributed by atoms with E-state index in [4.69, 9.17) is 5.73 Å². The van der Waals surface area contributed by atoms with Crippen molar-refractivity contribution in [2.75, 3.05) is 19.3 Å². The molecule has 0 fully saturated rings. The number of nitrogens with zero attached hydrogens (tertiary/aromatic N) is 2. The van der Waals surface area contributed by atoms with E-state index in [2.05, 4.69) is 10.4 Å². The maximum atomic E-state index is 11.1. The summed E-state index contributed by atoms with van der Waals surface area (Å²) in [5, 5.41) is 6.77. The molecule has 1 heterocycles. The molecule has 0 aromatic carbocycles. The number of rotatable bonds is 3. The number of nitrogens with two attached hydrogens (primary N) is 1. The fraction of sp³-hybridized carbons (Fsp3) is 0.429. The van der Waals surface area contributed by atoms with Crippen molar-refractivity contribution in [3.8, 4) is 0 Å². The summed E-state index contributed by atoms with van der Waals surface area (Å²) in [4.78, 5) is 11.1. The molecule has 66 valence electrons. The van der Waals surface area contributed by atoms with Gasteiger partial charge in [-0.1, -0.05) is 0 Å². The van der Waals surface area contributed by atoms with Crippen LogP contribution in [0, 0.1) is 0 Å².